The third-order valence-corrected chi connectivity index (χ3v) is 7.85. The van der Waals surface area contributed by atoms with Crippen molar-refractivity contribution >= 4 is 16.0 Å². The summed E-state index contributed by atoms with van der Waals surface area (Å²) in [4.78, 5) is 12.6. The van der Waals surface area contributed by atoms with E-state index in [1.807, 2.05) is 62.4 Å². The normalized spacial score (nSPS) is 21.9. The average molecular weight is 424 g/mol. The average Bonchev–Trinajstić information content (AvgIpc) is 3.12. The van der Waals surface area contributed by atoms with Crippen molar-refractivity contribution < 1.29 is 17.9 Å². The van der Waals surface area contributed by atoms with Crippen molar-refractivity contribution in [3.05, 3.63) is 88.5 Å². The van der Waals surface area contributed by atoms with Gasteiger partial charge in [-0.3, -0.25) is 0 Å². The van der Waals surface area contributed by atoms with Crippen molar-refractivity contribution in [3.63, 3.8) is 0 Å². The first kappa shape index (κ1) is 20.6. The highest BCUT2D eigenvalue weighted by atomic mass is 32.2. The highest BCUT2D eigenvalue weighted by molar-refractivity contribution is 7.89. The van der Waals surface area contributed by atoms with Gasteiger partial charge in [0.1, 0.15) is 0 Å². The zero-order chi connectivity index (χ0) is 21.5. The van der Waals surface area contributed by atoms with E-state index in [1.165, 1.54) is 7.11 Å². The number of hydrogen-bond acceptors (Lipinski definition) is 4. The van der Waals surface area contributed by atoms with Gasteiger partial charge >= 0.3 is 5.97 Å². The van der Waals surface area contributed by atoms with Crippen LogP contribution < -0.4 is 0 Å². The van der Waals surface area contributed by atoms with Crippen LogP contribution >= 0.6 is 0 Å². The van der Waals surface area contributed by atoms with Gasteiger partial charge in [-0.25, -0.2) is 13.2 Å². The van der Waals surface area contributed by atoms with Gasteiger partial charge in [-0.15, -0.1) is 0 Å². The molecule has 1 aliphatic heterocycles. The van der Waals surface area contributed by atoms with Gasteiger partial charge in [-0.1, -0.05) is 54.1 Å². The number of carbonyl (C=O) groups excluding carboxylic acids is 1. The quantitative estimate of drug-likeness (QED) is 0.692. The molecular formula is C24H25NO4S. The van der Waals surface area contributed by atoms with Crippen molar-refractivity contribution in [1.82, 2.24) is 4.31 Å². The number of benzene rings is 2. The lowest BCUT2D eigenvalue weighted by Gasteiger charge is -2.29. The fourth-order valence-corrected chi connectivity index (χ4v) is 6.07. The molecule has 2 aromatic rings. The second-order valence-electron chi connectivity index (χ2n) is 7.90. The molecule has 0 radical (unpaired) electrons. The molecule has 0 unspecified atom stereocenters. The number of carbonyl (C=O) groups is 1. The summed E-state index contributed by atoms with van der Waals surface area (Å²) in [5.74, 6) is -0.458. The highest BCUT2D eigenvalue weighted by Gasteiger charge is 2.47. The number of sulfonamides is 1. The molecule has 1 aliphatic carbocycles. The Bertz CT molecular complexity index is 1130. The zero-order valence-electron chi connectivity index (χ0n) is 17.3. The van der Waals surface area contributed by atoms with Crippen molar-refractivity contribution in [3.8, 4) is 0 Å². The van der Waals surface area contributed by atoms with Crippen LogP contribution in [0.1, 0.15) is 30.5 Å². The highest BCUT2D eigenvalue weighted by Crippen LogP contribution is 2.49. The van der Waals surface area contributed by atoms with Crippen LogP contribution in [-0.2, 0) is 19.6 Å². The van der Waals surface area contributed by atoms with Crippen LogP contribution in [0.4, 0.5) is 0 Å². The molecule has 6 heteroatoms. The van der Waals surface area contributed by atoms with Crippen LogP contribution in [0.25, 0.3) is 0 Å². The number of ether oxygens (including phenoxy) is 1. The molecule has 0 bridgehead atoms. The van der Waals surface area contributed by atoms with Gasteiger partial charge in [-0.2, -0.15) is 4.31 Å². The zero-order valence-corrected chi connectivity index (χ0v) is 18.1. The summed E-state index contributed by atoms with van der Waals surface area (Å²) in [5.41, 5.74) is 4.42. The summed E-state index contributed by atoms with van der Waals surface area (Å²) in [6.45, 7) is 4.12. The first-order valence-corrected chi connectivity index (χ1v) is 11.4. The lowest BCUT2D eigenvalue weighted by molar-refractivity contribution is -0.136. The van der Waals surface area contributed by atoms with Gasteiger partial charge < -0.3 is 4.74 Å². The van der Waals surface area contributed by atoms with E-state index in [1.54, 1.807) is 16.4 Å². The Morgan fingerprint density at radius 1 is 1.03 bits per heavy atom. The minimum absolute atomic E-state index is 0.106. The van der Waals surface area contributed by atoms with Gasteiger partial charge in [-0.05, 0) is 49.1 Å². The maximum absolute atomic E-state index is 13.6. The maximum atomic E-state index is 13.6. The predicted octanol–water partition coefficient (Wildman–Crippen LogP) is 4.18. The summed E-state index contributed by atoms with van der Waals surface area (Å²) >= 11 is 0. The van der Waals surface area contributed by atoms with Crippen LogP contribution in [0.2, 0.25) is 0 Å². The molecule has 0 saturated carbocycles. The Kier molecular flexibility index (Phi) is 5.38. The summed E-state index contributed by atoms with van der Waals surface area (Å²) in [5, 5.41) is 0. The van der Waals surface area contributed by atoms with E-state index in [-0.39, 0.29) is 22.8 Å². The minimum Gasteiger partial charge on any atom is -0.466 e. The SMILES string of the molecule is COC(=O)C1=C(C)C=C2CN(S(=O)(=O)c3ccc(C)cc3)[C@H](c3ccccc3)[C@H]2C1. The molecule has 30 heavy (non-hydrogen) atoms. The van der Waals surface area contributed by atoms with E-state index in [9.17, 15) is 13.2 Å². The van der Waals surface area contributed by atoms with Crippen molar-refractivity contribution in [2.75, 3.05) is 13.7 Å². The van der Waals surface area contributed by atoms with Crippen LogP contribution in [0.3, 0.4) is 0 Å². The first-order valence-electron chi connectivity index (χ1n) is 9.95. The molecule has 156 valence electrons. The molecule has 2 aliphatic rings. The second kappa shape index (κ2) is 7.85. The van der Waals surface area contributed by atoms with E-state index in [0.717, 1.165) is 22.3 Å². The number of hydrogen-bond donors (Lipinski definition) is 0. The Morgan fingerprint density at radius 3 is 2.33 bits per heavy atom. The standard InChI is InChI=1S/C24H25NO4S/c1-16-9-11-20(12-10-16)30(27,28)25-15-19-13-17(2)21(24(26)29-3)14-22(19)23(25)18-7-5-4-6-8-18/h4-13,22-23H,14-15H2,1-3H3/t22-,23+/m0/s1. The molecule has 0 N–H and O–H groups in total. The van der Waals surface area contributed by atoms with E-state index < -0.39 is 10.0 Å². The van der Waals surface area contributed by atoms with Gasteiger partial charge in [0.25, 0.3) is 0 Å². The largest absolute Gasteiger partial charge is 0.466 e. The van der Waals surface area contributed by atoms with Gasteiger partial charge in [0.15, 0.2) is 0 Å². The maximum Gasteiger partial charge on any atom is 0.334 e. The predicted molar refractivity (Wildman–Crippen MR) is 115 cm³/mol. The summed E-state index contributed by atoms with van der Waals surface area (Å²) in [6, 6.07) is 16.2. The lowest BCUT2D eigenvalue weighted by atomic mass is 9.80. The number of nitrogens with zero attached hydrogens (tertiary/aromatic N) is 1. The number of fused-ring (bicyclic) bond motifs is 1. The molecule has 1 fully saturated rings. The monoisotopic (exact) mass is 423 g/mol. The third kappa shape index (κ3) is 3.50. The number of aryl methyl sites for hydroxylation is 1. The number of esters is 1. The lowest BCUT2D eigenvalue weighted by Crippen LogP contribution is -2.32. The molecule has 0 spiro atoms. The number of methoxy groups -OCH3 is 1. The van der Waals surface area contributed by atoms with Crippen LogP contribution in [0.5, 0.6) is 0 Å². The number of rotatable bonds is 4. The molecule has 5 nitrogen and oxygen atoms in total. The van der Waals surface area contributed by atoms with Crippen molar-refractivity contribution in [1.29, 1.82) is 0 Å². The molecule has 1 heterocycles. The fraction of sp³-hybridized carbons (Fsp3) is 0.292. The van der Waals surface area contributed by atoms with E-state index >= 15 is 0 Å². The van der Waals surface area contributed by atoms with Crippen LogP contribution in [-0.4, -0.2) is 32.3 Å². The molecule has 2 atom stereocenters. The Balaban J connectivity index is 1.80. The van der Waals surface area contributed by atoms with Gasteiger partial charge in [0.05, 0.1) is 18.0 Å². The smallest absolute Gasteiger partial charge is 0.334 e. The van der Waals surface area contributed by atoms with E-state index in [2.05, 4.69) is 0 Å². The Morgan fingerprint density at radius 2 is 1.70 bits per heavy atom. The summed E-state index contributed by atoms with van der Waals surface area (Å²) < 4.78 is 33.8. The molecule has 0 amide bonds. The van der Waals surface area contributed by atoms with E-state index in [4.69, 9.17) is 4.74 Å². The summed E-state index contributed by atoms with van der Waals surface area (Å²) in [6.07, 6.45) is 2.42. The minimum atomic E-state index is -3.71. The van der Waals surface area contributed by atoms with Crippen LogP contribution in [0.15, 0.2) is 82.3 Å². The number of allylic oxidation sites excluding steroid dienone is 2. The topological polar surface area (TPSA) is 63.7 Å². The van der Waals surface area contributed by atoms with Crippen molar-refractivity contribution in [2.45, 2.75) is 31.2 Å². The molecular weight excluding hydrogens is 398 g/mol. The molecule has 0 aromatic heterocycles. The first-order chi connectivity index (χ1) is 14.3. The Labute approximate surface area is 177 Å². The fourth-order valence-electron chi connectivity index (χ4n) is 4.44. The Hall–Kier alpha value is -2.70. The summed E-state index contributed by atoms with van der Waals surface area (Å²) in [7, 11) is -2.34. The van der Waals surface area contributed by atoms with E-state index in [0.29, 0.717) is 18.5 Å². The van der Waals surface area contributed by atoms with Crippen molar-refractivity contribution in [2.24, 2.45) is 5.92 Å². The van der Waals surface area contributed by atoms with Gasteiger partial charge in [0, 0.05) is 18.0 Å². The molecule has 1 saturated heterocycles. The second-order valence-corrected chi connectivity index (χ2v) is 9.79. The molecule has 2 aromatic carbocycles. The molecule has 4 rings (SSSR count). The van der Waals surface area contributed by atoms with Gasteiger partial charge in [0.2, 0.25) is 10.0 Å². The third-order valence-electron chi connectivity index (χ3n) is 6.01. The van der Waals surface area contributed by atoms with Crippen LogP contribution in [0, 0.1) is 12.8 Å².